The molecule has 5 heteroatoms. The standard InChI is InChI=1S/C19H30N2O2S/c1-14(2)17(20-18(22)16-12-9-13-24-16)19(23)21(3)15-10-7-5-4-6-8-11-15/h9,12-15,17H,4-8,10-11H2,1-3H3,(H,20,22). The molecule has 1 heterocycles. The van der Waals surface area contributed by atoms with Gasteiger partial charge < -0.3 is 10.2 Å². The second kappa shape index (κ2) is 9.21. The van der Waals surface area contributed by atoms with E-state index in [1.165, 1.54) is 43.4 Å². The van der Waals surface area contributed by atoms with Gasteiger partial charge in [-0.3, -0.25) is 9.59 Å². The third-order valence-corrected chi connectivity index (χ3v) is 5.80. The fourth-order valence-electron chi connectivity index (χ4n) is 3.35. The van der Waals surface area contributed by atoms with E-state index in [2.05, 4.69) is 5.32 Å². The summed E-state index contributed by atoms with van der Waals surface area (Å²) in [5.74, 6) is -0.0407. The van der Waals surface area contributed by atoms with Gasteiger partial charge in [0.2, 0.25) is 5.91 Å². The number of hydrogen-bond donors (Lipinski definition) is 1. The number of carbonyl (C=O) groups is 2. The molecule has 1 aromatic heterocycles. The second-order valence-electron chi connectivity index (χ2n) is 7.12. The van der Waals surface area contributed by atoms with Crippen LogP contribution in [0.5, 0.6) is 0 Å². The lowest BCUT2D eigenvalue weighted by Gasteiger charge is -2.34. The molecule has 0 bridgehead atoms. The molecule has 1 saturated carbocycles. The van der Waals surface area contributed by atoms with Crippen molar-refractivity contribution in [2.24, 2.45) is 5.92 Å². The largest absolute Gasteiger partial charge is 0.341 e. The van der Waals surface area contributed by atoms with Gasteiger partial charge in [0.1, 0.15) is 6.04 Å². The third-order valence-electron chi connectivity index (χ3n) is 4.93. The summed E-state index contributed by atoms with van der Waals surface area (Å²) in [6.45, 7) is 3.98. The van der Waals surface area contributed by atoms with E-state index in [1.54, 1.807) is 6.07 Å². The summed E-state index contributed by atoms with van der Waals surface area (Å²) in [6, 6.07) is 3.49. The molecule has 134 valence electrons. The molecule has 1 aromatic rings. The zero-order valence-electron chi connectivity index (χ0n) is 15.1. The quantitative estimate of drug-likeness (QED) is 0.870. The molecule has 1 N–H and O–H groups in total. The molecule has 1 aliphatic rings. The van der Waals surface area contributed by atoms with E-state index in [9.17, 15) is 9.59 Å². The maximum absolute atomic E-state index is 13.0. The van der Waals surface area contributed by atoms with Crippen molar-refractivity contribution in [3.8, 4) is 0 Å². The Hall–Kier alpha value is -1.36. The van der Waals surface area contributed by atoms with Crippen molar-refractivity contribution in [2.45, 2.75) is 70.9 Å². The van der Waals surface area contributed by atoms with Crippen LogP contribution in [0.4, 0.5) is 0 Å². The van der Waals surface area contributed by atoms with Gasteiger partial charge in [0.15, 0.2) is 0 Å². The predicted octanol–water partition coefficient (Wildman–Crippen LogP) is 4.07. The van der Waals surface area contributed by atoms with Crippen LogP contribution in [0.1, 0.15) is 68.5 Å². The summed E-state index contributed by atoms with van der Waals surface area (Å²) in [4.78, 5) is 27.9. The number of nitrogens with one attached hydrogen (secondary N) is 1. The maximum atomic E-state index is 13.0. The Labute approximate surface area is 149 Å². The minimum Gasteiger partial charge on any atom is -0.341 e. The van der Waals surface area contributed by atoms with E-state index in [4.69, 9.17) is 0 Å². The van der Waals surface area contributed by atoms with Gasteiger partial charge in [0.25, 0.3) is 5.91 Å². The summed E-state index contributed by atoms with van der Waals surface area (Å²) in [5, 5.41) is 4.82. The Morgan fingerprint density at radius 2 is 1.79 bits per heavy atom. The molecule has 2 amide bonds. The van der Waals surface area contributed by atoms with Gasteiger partial charge in [-0.15, -0.1) is 11.3 Å². The lowest BCUT2D eigenvalue weighted by Crippen LogP contribution is -2.52. The summed E-state index contributed by atoms with van der Waals surface area (Å²) < 4.78 is 0. The molecule has 2 rings (SSSR count). The number of amides is 2. The van der Waals surface area contributed by atoms with Crippen molar-refractivity contribution in [2.75, 3.05) is 7.05 Å². The van der Waals surface area contributed by atoms with Crippen molar-refractivity contribution in [1.29, 1.82) is 0 Å². The monoisotopic (exact) mass is 350 g/mol. The van der Waals surface area contributed by atoms with E-state index in [1.807, 2.05) is 37.2 Å². The molecule has 0 saturated heterocycles. The maximum Gasteiger partial charge on any atom is 0.262 e. The summed E-state index contributed by atoms with van der Waals surface area (Å²) >= 11 is 1.40. The van der Waals surface area contributed by atoms with Crippen LogP contribution in [0.25, 0.3) is 0 Å². The van der Waals surface area contributed by atoms with Crippen LogP contribution in [0, 0.1) is 5.92 Å². The Bertz CT molecular complexity index is 519. The Kier molecular flexibility index (Phi) is 7.28. The molecule has 1 unspecified atom stereocenters. The highest BCUT2D eigenvalue weighted by Gasteiger charge is 2.30. The van der Waals surface area contributed by atoms with Crippen LogP contribution >= 0.6 is 11.3 Å². The molecule has 1 aliphatic carbocycles. The molecule has 0 aliphatic heterocycles. The van der Waals surface area contributed by atoms with Gasteiger partial charge in [-0.1, -0.05) is 52.0 Å². The second-order valence-corrected chi connectivity index (χ2v) is 8.07. The molecule has 1 fully saturated rings. The van der Waals surface area contributed by atoms with Crippen molar-refractivity contribution in [3.05, 3.63) is 22.4 Å². The Morgan fingerprint density at radius 3 is 2.33 bits per heavy atom. The highest BCUT2D eigenvalue weighted by atomic mass is 32.1. The number of nitrogens with zero attached hydrogens (tertiary/aromatic N) is 1. The molecule has 0 aromatic carbocycles. The zero-order chi connectivity index (χ0) is 17.5. The minimum atomic E-state index is -0.463. The fourth-order valence-corrected chi connectivity index (χ4v) is 3.98. The average Bonchev–Trinajstić information content (AvgIpc) is 3.05. The number of likely N-dealkylation sites (N-methyl/N-ethyl adjacent to an activating group) is 1. The number of thiophene rings is 1. The lowest BCUT2D eigenvalue weighted by molar-refractivity contribution is -0.135. The zero-order valence-corrected chi connectivity index (χ0v) is 15.9. The van der Waals surface area contributed by atoms with E-state index in [0.29, 0.717) is 10.9 Å². The van der Waals surface area contributed by atoms with E-state index >= 15 is 0 Å². The van der Waals surface area contributed by atoms with E-state index < -0.39 is 6.04 Å². The molecule has 1 atom stereocenters. The number of hydrogen-bond acceptors (Lipinski definition) is 3. The number of carbonyl (C=O) groups excluding carboxylic acids is 2. The third kappa shape index (κ3) is 5.07. The summed E-state index contributed by atoms with van der Waals surface area (Å²) in [5.41, 5.74) is 0. The Morgan fingerprint density at radius 1 is 1.17 bits per heavy atom. The van der Waals surface area contributed by atoms with Crippen molar-refractivity contribution in [3.63, 3.8) is 0 Å². The molecule has 0 radical (unpaired) electrons. The van der Waals surface area contributed by atoms with Gasteiger partial charge in [-0.25, -0.2) is 0 Å². The van der Waals surface area contributed by atoms with E-state index in [0.717, 1.165) is 12.8 Å². The van der Waals surface area contributed by atoms with Crippen LogP contribution in [-0.2, 0) is 4.79 Å². The highest BCUT2D eigenvalue weighted by molar-refractivity contribution is 7.12. The average molecular weight is 351 g/mol. The van der Waals surface area contributed by atoms with Crippen molar-refractivity contribution >= 4 is 23.2 Å². The first-order chi connectivity index (χ1) is 11.5. The van der Waals surface area contributed by atoms with Crippen molar-refractivity contribution in [1.82, 2.24) is 10.2 Å². The fraction of sp³-hybridized carbons (Fsp3) is 0.684. The first-order valence-electron chi connectivity index (χ1n) is 9.11. The normalized spacial score (nSPS) is 17.8. The summed E-state index contributed by atoms with van der Waals surface area (Å²) in [6.07, 6.45) is 8.38. The topological polar surface area (TPSA) is 49.4 Å². The minimum absolute atomic E-state index is 0.0421. The van der Waals surface area contributed by atoms with Gasteiger partial charge in [0.05, 0.1) is 4.88 Å². The van der Waals surface area contributed by atoms with Crippen LogP contribution in [0.2, 0.25) is 0 Å². The van der Waals surface area contributed by atoms with Gasteiger partial charge in [-0.2, -0.15) is 0 Å². The van der Waals surface area contributed by atoms with Gasteiger partial charge in [-0.05, 0) is 30.2 Å². The number of rotatable bonds is 5. The Balaban J connectivity index is 2.02. The molecular weight excluding hydrogens is 320 g/mol. The molecule has 0 spiro atoms. The van der Waals surface area contributed by atoms with Crippen LogP contribution in [-0.4, -0.2) is 35.8 Å². The van der Waals surface area contributed by atoms with Gasteiger partial charge in [0, 0.05) is 13.1 Å². The van der Waals surface area contributed by atoms with Crippen LogP contribution in [0.15, 0.2) is 17.5 Å². The first kappa shape index (κ1) is 19.0. The van der Waals surface area contributed by atoms with Crippen molar-refractivity contribution < 1.29 is 9.59 Å². The highest BCUT2D eigenvalue weighted by Crippen LogP contribution is 2.22. The lowest BCUT2D eigenvalue weighted by atomic mass is 9.94. The first-order valence-corrected chi connectivity index (χ1v) is 9.99. The van der Waals surface area contributed by atoms with E-state index in [-0.39, 0.29) is 17.7 Å². The molecule has 24 heavy (non-hydrogen) atoms. The molecule has 4 nitrogen and oxygen atoms in total. The molecular formula is C19H30N2O2S. The summed E-state index contributed by atoms with van der Waals surface area (Å²) in [7, 11) is 1.90. The van der Waals surface area contributed by atoms with Gasteiger partial charge >= 0.3 is 0 Å². The van der Waals surface area contributed by atoms with Crippen LogP contribution < -0.4 is 5.32 Å². The predicted molar refractivity (Wildman–Crippen MR) is 99.3 cm³/mol. The SMILES string of the molecule is CC(C)C(NC(=O)c1cccs1)C(=O)N(C)C1CCCCCCC1. The smallest absolute Gasteiger partial charge is 0.262 e. The van der Waals surface area contributed by atoms with Crippen LogP contribution in [0.3, 0.4) is 0 Å².